The predicted molar refractivity (Wildman–Crippen MR) is 93.7 cm³/mol. The van der Waals surface area contributed by atoms with Crippen LogP contribution >= 0.6 is 0 Å². The Hall–Kier alpha value is -2.88. The standard InChI is InChI=1S/C20H17N3O/c1-13-6-4-8-15(21-13)20-19(16-9-5-11-23(16)22-20)18-12-14-7-2-3-10-17(14)24-18/h2-4,6-8,10,12H,5,9,11H2,1H3. The largest absolute Gasteiger partial charge is 0.456 e. The number of pyridine rings is 1. The number of nitrogens with zero attached hydrogens (tertiary/aromatic N) is 3. The van der Waals surface area contributed by atoms with E-state index in [4.69, 9.17) is 9.52 Å². The lowest BCUT2D eigenvalue weighted by molar-refractivity contribution is 0.630. The number of para-hydroxylation sites is 1. The van der Waals surface area contributed by atoms with Crippen molar-refractivity contribution in [1.29, 1.82) is 0 Å². The third kappa shape index (κ3) is 1.99. The average Bonchev–Trinajstić information content (AvgIpc) is 3.27. The van der Waals surface area contributed by atoms with Gasteiger partial charge in [0.05, 0.1) is 17.0 Å². The first kappa shape index (κ1) is 13.5. The van der Waals surface area contributed by atoms with E-state index in [1.807, 2.05) is 43.3 Å². The molecular weight excluding hydrogens is 298 g/mol. The minimum Gasteiger partial charge on any atom is -0.456 e. The molecule has 0 aliphatic carbocycles. The summed E-state index contributed by atoms with van der Waals surface area (Å²) in [6, 6.07) is 16.3. The lowest BCUT2D eigenvalue weighted by Crippen LogP contribution is -1.95. The summed E-state index contributed by atoms with van der Waals surface area (Å²) >= 11 is 0. The quantitative estimate of drug-likeness (QED) is 0.542. The Kier molecular flexibility index (Phi) is 2.86. The summed E-state index contributed by atoms with van der Waals surface area (Å²) in [4.78, 5) is 4.68. The summed E-state index contributed by atoms with van der Waals surface area (Å²) in [6.07, 6.45) is 2.17. The van der Waals surface area contributed by atoms with E-state index in [0.29, 0.717) is 0 Å². The van der Waals surface area contributed by atoms with Crippen molar-refractivity contribution in [2.24, 2.45) is 0 Å². The van der Waals surface area contributed by atoms with Crippen LogP contribution in [0.15, 0.2) is 52.9 Å². The molecule has 0 unspecified atom stereocenters. The maximum atomic E-state index is 6.15. The molecular formula is C20H17N3O. The summed E-state index contributed by atoms with van der Waals surface area (Å²) in [6.45, 7) is 2.97. The lowest BCUT2D eigenvalue weighted by atomic mass is 10.0. The Morgan fingerprint density at radius 2 is 2.00 bits per heavy atom. The van der Waals surface area contributed by atoms with E-state index < -0.39 is 0 Å². The SMILES string of the molecule is Cc1cccc(-c2nn3c(c2-c2cc4ccccc4o2)CCC3)n1. The molecule has 0 spiro atoms. The van der Waals surface area contributed by atoms with Crippen LogP contribution in [0.25, 0.3) is 33.7 Å². The number of fused-ring (bicyclic) bond motifs is 2. The van der Waals surface area contributed by atoms with E-state index in [-0.39, 0.29) is 0 Å². The van der Waals surface area contributed by atoms with Gasteiger partial charge in [0, 0.05) is 17.6 Å². The molecule has 4 nitrogen and oxygen atoms in total. The van der Waals surface area contributed by atoms with Gasteiger partial charge in [0.2, 0.25) is 0 Å². The molecule has 4 heteroatoms. The van der Waals surface area contributed by atoms with Crippen LogP contribution in [-0.4, -0.2) is 14.8 Å². The van der Waals surface area contributed by atoms with Crippen molar-refractivity contribution in [2.45, 2.75) is 26.3 Å². The number of hydrogen-bond acceptors (Lipinski definition) is 3. The van der Waals surface area contributed by atoms with Gasteiger partial charge in [-0.1, -0.05) is 24.3 Å². The second-order valence-corrected chi connectivity index (χ2v) is 6.31. The van der Waals surface area contributed by atoms with E-state index in [0.717, 1.165) is 58.8 Å². The van der Waals surface area contributed by atoms with Crippen molar-refractivity contribution in [1.82, 2.24) is 14.8 Å². The molecule has 118 valence electrons. The maximum absolute atomic E-state index is 6.15. The molecule has 1 aliphatic heterocycles. The number of hydrogen-bond donors (Lipinski definition) is 0. The van der Waals surface area contributed by atoms with Gasteiger partial charge < -0.3 is 4.42 Å². The molecule has 0 fully saturated rings. The fourth-order valence-corrected chi connectivity index (χ4v) is 3.55. The first-order chi connectivity index (χ1) is 11.8. The van der Waals surface area contributed by atoms with Gasteiger partial charge in [0.25, 0.3) is 0 Å². The van der Waals surface area contributed by atoms with Crippen LogP contribution in [0.1, 0.15) is 17.8 Å². The number of aromatic nitrogens is 3. The topological polar surface area (TPSA) is 43.9 Å². The van der Waals surface area contributed by atoms with Gasteiger partial charge in [-0.05, 0) is 44.0 Å². The molecule has 0 N–H and O–H groups in total. The van der Waals surface area contributed by atoms with Crippen LogP contribution in [0.5, 0.6) is 0 Å². The minimum atomic E-state index is 0.887. The zero-order valence-corrected chi connectivity index (χ0v) is 13.5. The normalized spacial score (nSPS) is 13.5. The Labute approximate surface area is 139 Å². The van der Waals surface area contributed by atoms with Gasteiger partial charge in [-0.25, -0.2) is 0 Å². The molecule has 0 saturated heterocycles. The third-order valence-electron chi connectivity index (χ3n) is 4.64. The highest BCUT2D eigenvalue weighted by molar-refractivity contribution is 5.87. The summed E-state index contributed by atoms with van der Waals surface area (Å²) in [5, 5.41) is 5.96. The van der Waals surface area contributed by atoms with Crippen molar-refractivity contribution in [3.8, 4) is 22.7 Å². The van der Waals surface area contributed by atoms with E-state index in [2.05, 4.69) is 21.8 Å². The van der Waals surface area contributed by atoms with Crippen molar-refractivity contribution in [3.63, 3.8) is 0 Å². The molecule has 24 heavy (non-hydrogen) atoms. The van der Waals surface area contributed by atoms with Crippen LogP contribution < -0.4 is 0 Å². The molecule has 4 heterocycles. The number of benzene rings is 1. The smallest absolute Gasteiger partial charge is 0.139 e. The van der Waals surface area contributed by atoms with Crippen LogP contribution in [0.2, 0.25) is 0 Å². The van der Waals surface area contributed by atoms with Gasteiger partial charge in [0.15, 0.2) is 0 Å². The zero-order chi connectivity index (χ0) is 16.1. The van der Waals surface area contributed by atoms with Crippen molar-refractivity contribution in [3.05, 3.63) is 59.9 Å². The van der Waals surface area contributed by atoms with Gasteiger partial charge in [-0.2, -0.15) is 5.10 Å². The van der Waals surface area contributed by atoms with Gasteiger partial charge >= 0.3 is 0 Å². The second-order valence-electron chi connectivity index (χ2n) is 6.31. The Morgan fingerprint density at radius 1 is 1.08 bits per heavy atom. The maximum Gasteiger partial charge on any atom is 0.139 e. The predicted octanol–water partition coefficient (Wildman–Crippen LogP) is 4.61. The van der Waals surface area contributed by atoms with Crippen molar-refractivity contribution in [2.75, 3.05) is 0 Å². The molecule has 5 rings (SSSR count). The summed E-state index contributed by atoms with van der Waals surface area (Å²) in [7, 11) is 0. The zero-order valence-electron chi connectivity index (χ0n) is 13.5. The highest BCUT2D eigenvalue weighted by Gasteiger charge is 2.26. The van der Waals surface area contributed by atoms with E-state index in [9.17, 15) is 0 Å². The van der Waals surface area contributed by atoms with Crippen LogP contribution in [-0.2, 0) is 13.0 Å². The Morgan fingerprint density at radius 3 is 2.88 bits per heavy atom. The number of furan rings is 1. The lowest BCUT2D eigenvalue weighted by Gasteiger charge is -2.02. The molecule has 0 amide bonds. The van der Waals surface area contributed by atoms with Crippen LogP contribution in [0.3, 0.4) is 0 Å². The first-order valence-corrected chi connectivity index (χ1v) is 8.32. The molecule has 0 atom stereocenters. The van der Waals surface area contributed by atoms with Gasteiger partial charge in [-0.15, -0.1) is 0 Å². The summed E-state index contributed by atoms with van der Waals surface area (Å²) in [5.41, 5.74) is 6.10. The first-order valence-electron chi connectivity index (χ1n) is 8.32. The van der Waals surface area contributed by atoms with Crippen LogP contribution in [0.4, 0.5) is 0 Å². The summed E-state index contributed by atoms with van der Waals surface area (Å²) in [5.74, 6) is 0.887. The number of aryl methyl sites for hydroxylation is 2. The second kappa shape index (κ2) is 5.06. The average molecular weight is 315 g/mol. The fourth-order valence-electron chi connectivity index (χ4n) is 3.55. The fraction of sp³-hybridized carbons (Fsp3) is 0.200. The summed E-state index contributed by atoms with van der Waals surface area (Å²) < 4.78 is 8.26. The van der Waals surface area contributed by atoms with Crippen LogP contribution in [0, 0.1) is 6.92 Å². The Bertz CT molecular complexity index is 1020. The highest BCUT2D eigenvalue weighted by Crippen LogP contribution is 2.39. The van der Waals surface area contributed by atoms with Crippen molar-refractivity contribution >= 4 is 11.0 Å². The monoisotopic (exact) mass is 315 g/mol. The molecule has 1 aromatic carbocycles. The van der Waals surface area contributed by atoms with Gasteiger partial charge in [0.1, 0.15) is 17.0 Å². The molecule has 4 aromatic rings. The highest BCUT2D eigenvalue weighted by atomic mass is 16.3. The Balaban J connectivity index is 1.77. The molecule has 1 aliphatic rings. The number of rotatable bonds is 2. The van der Waals surface area contributed by atoms with Crippen molar-refractivity contribution < 1.29 is 4.42 Å². The van der Waals surface area contributed by atoms with Gasteiger partial charge in [-0.3, -0.25) is 9.67 Å². The third-order valence-corrected chi connectivity index (χ3v) is 4.64. The van der Waals surface area contributed by atoms with E-state index in [1.165, 1.54) is 5.69 Å². The van der Waals surface area contributed by atoms with E-state index in [1.54, 1.807) is 0 Å². The molecule has 0 saturated carbocycles. The minimum absolute atomic E-state index is 0.887. The molecule has 0 bridgehead atoms. The molecule has 3 aromatic heterocycles. The molecule has 0 radical (unpaired) electrons. The van der Waals surface area contributed by atoms with E-state index >= 15 is 0 Å².